The molecule has 9 heteroatoms. The summed E-state index contributed by atoms with van der Waals surface area (Å²) < 4.78 is 15.5. The van der Waals surface area contributed by atoms with Crippen molar-refractivity contribution < 1.29 is 28.9 Å². The molecule has 0 saturated carbocycles. The largest absolute Gasteiger partial charge is 0.497 e. The Morgan fingerprint density at radius 1 is 1.14 bits per heavy atom. The van der Waals surface area contributed by atoms with Gasteiger partial charge < -0.3 is 24.6 Å². The molecule has 2 N–H and O–H groups in total. The van der Waals surface area contributed by atoms with E-state index in [4.69, 9.17) is 19.3 Å². The molecule has 0 spiro atoms. The summed E-state index contributed by atoms with van der Waals surface area (Å²) >= 11 is 1.22. The van der Waals surface area contributed by atoms with Crippen LogP contribution in [-0.2, 0) is 9.59 Å². The minimum atomic E-state index is -1.08. The molecule has 2 aromatic carbocycles. The van der Waals surface area contributed by atoms with Crippen LogP contribution in [-0.4, -0.2) is 43.0 Å². The molecule has 2 aromatic rings. The lowest BCUT2D eigenvalue weighted by Gasteiger charge is -2.09. The standard InChI is InChI=1S/C20H18N2O6S/c1-26-14-6-4-13(5-7-14)21-20-22-19(25)17(29-20)10-12-3-8-15(16(9-12)27-2)28-11-18(23)24/h3-10H,11H2,1-2H3,(H,23,24)(H,21,22,25)/b17-10+. The fourth-order valence-corrected chi connectivity index (χ4v) is 3.28. The molecule has 1 saturated heterocycles. The first-order valence-corrected chi connectivity index (χ1v) is 9.26. The minimum Gasteiger partial charge on any atom is -0.497 e. The first-order chi connectivity index (χ1) is 14.0. The molecule has 0 aliphatic carbocycles. The number of nitrogens with zero attached hydrogens (tertiary/aromatic N) is 1. The summed E-state index contributed by atoms with van der Waals surface area (Å²) in [5.41, 5.74) is 1.39. The Hall–Kier alpha value is -3.46. The second-order valence-electron chi connectivity index (χ2n) is 5.77. The summed E-state index contributed by atoms with van der Waals surface area (Å²) in [5, 5.41) is 11.9. The van der Waals surface area contributed by atoms with Gasteiger partial charge in [-0.25, -0.2) is 9.79 Å². The first kappa shape index (κ1) is 20.3. The summed E-state index contributed by atoms with van der Waals surface area (Å²) in [5.74, 6) is 0.0641. The van der Waals surface area contributed by atoms with Crippen molar-refractivity contribution in [1.82, 2.24) is 5.32 Å². The van der Waals surface area contributed by atoms with Gasteiger partial charge in [-0.2, -0.15) is 0 Å². The number of carbonyl (C=O) groups excluding carboxylic acids is 1. The van der Waals surface area contributed by atoms with Gasteiger partial charge in [0.2, 0.25) is 0 Å². The molecular weight excluding hydrogens is 396 g/mol. The van der Waals surface area contributed by atoms with Crippen LogP contribution in [0.2, 0.25) is 0 Å². The topological polar surface area (TPSA) is 106 Å². The van der Waals surface area contributed by atoms with Crippen LogP contribution >= 0.6 is 11.8 Å². The van der Waals surface area contributed by atoms with E-state index in [-0.39, 0.29) is 5.91 Å². The van der Waals surface area contributed by atoms with E-state index < -0.39 is 12.6 Å². The van der Waals surface area contributed by atoms with E-state index in [0.717, 1.165) is 5.75 Å². The Bertz CT molecular complexity index is 985. The Morgan fingerprint density at radius 2 is 1.90 bits per heavy atom. The van der Waals surface area contributed by atoms with Gasteiger partial charge in [-0.3, -0.25) is 4.79 Å². The summed E-state index contributed by atoms with van der Waals surface area (Å²) in [4.78, 5) is 27.8. The van der Waals surface area contributed by atoms with Crippen molar-refractivity contribution in [3.05, 3.63) is 52.9 Å². The third kappa shape index (κ3) is 5.29. The van der Waals surface area contributed by atoms with E-state index in [9.17, 15) is 9.59 Å². The van der Waals surface area contributed by atoms with Crippen molar-refractivity contribution in [3.63, 3.8) is 0 Å². The molecule has 1 aliphatic rings. The van der Waals surface area contributed by atoms with Crippen molar-refractivity contribution in [1.29, 1.82) is 0 Å². The number of hydrogen-bond acceptors (Lipinski definition) is 7. The summed E-state index contributed by atoms with van der Waals surface area (Å²) in [6.45, 7) is -0.472. The number of amidine groups is 1. The zero-order valence-electron chi connectivity index (χ0n) is 15.7. The van der Waals surface area contributed by atoms with Gasteiger partial charge in [-0.1, -0.05) is 6.07 Å². The quantitative estimate of drug-likeness (QED) is 0.671. The van der Waals surface area contributed by atoms with Gasteiger partial charge in [0.15, 0.2) is 23.3 Å². The van der Waals surface area contributed by atoms with Crippen LogP contribution in [0.15, 0.2) is 52.4 Å². The molecule has 8 nitrogen and oxygen atoms in total. The number of methoxy groups -OCH3 is 2. The number of hydrogen-bond donors (Lipinski definition) is 2. The highest BCUT2D eigenvalue weighted by Crippen LogP contribution is 2.32. The monoisotopic (exact) mass is 414 g/mol. The molecular formula is C20H18N2O6S. The molecule has 150 valence electrons. The van der Waals surface area contributed by atoms with E-state index >= 15 is 0 Å². The van der Waals surface area contributed by atoms with Crippen LogP contribution in [0.1, 0.15) is 5.56 Å². The van der Waals surface area contributed by atoms with E-state index in [0.29, 0.717) is 32.8 Å². The maximum Gasteiger partial charge on any atom is 0.341 e. The number of carboxylic acid groups (broad SMARTS) is 1. The lowest BCUT2D eigenvalue weighted by atomic mass is 10.2. The zero-order valence-corrected chi connectivity index (χ0v) is 16.5. The molecule has 0 aromatic heterocycles. The van der Waals surface area contributed by atoms with Crippen LogP contribution in [0.5, 0.6) is 17.2 Å². The molecule has 3 rings (SSSR count). The van der Waals surface area contributed by atoms with Gasteiger partial charge in [-0.15, -0.1) is 0 Å². The van der Waals surface area contributed by atoms with Gasteiger partial charge >= 0.3 is 5.97 Å². The molecule has 29 heavy (non-hydrogen) atoms. The van der Waals surface area contributed by atoms with Crippen LogP contribution < -0.4 is 19.5 Å². The molecule has 0 unspecified atom stereocenters. The van der Waals surface area contributed by atoms with Gasteiger partial charge in [0, 0.05) is 0 Å². The number of amides is 1. The number of ether oxygens (including phenoxy) is 3. The van der Waals surface area contributed by atoms with Gasteiger partial charge in [0.25, 0.3) is 5.91 Å². The van der Waals surface area contributed by atoms with E-state index in [1.54, 1.807) is 55.7 Å². The number of nitrogens with one attached hydrogen (secondary N) is 1. The van der Waals surface area contributed by atoms with Gasteiger partial charge in [-0.05, 0) is 59.8 Å². The highest BCUT2D eigenvalue weighted by Gasteiger charge is 2.24. The second-order valence-corrected chi connectivity index (χ2v) is 6.80. The number of aliphatic imine (C=N–C) groups is 1. The smallest absolute Gasteiger partial charge is 0.341 e. The van der Waals surface area contributed by atoms with Crippen molar-refractivity contribution in [2.24, 2.45) is 4.99 Å². The van der Waals surface area contributed by atoms with Crippen molar-refractivity contribution in [3.8, 4) is 17.2 Å². The fraction of sp³-hybridized carbons (Fsp3) is 0.150. The normalized spacial score (nSPS) is 16.0. The Balaban J connectivity index is 1.76. The average molecular weight is 414 g/mol. The third-order valence-electron chi connectivity index (χ3n) is 3.79. The highest BCUT2D eigenvalue weighted by molar-refractivity contribution is 8.18. The molecule has 1 fully saturated rings. The lowest BCUT2D eigenvalue weighted by molar-refractivity contribution is -0.139. The SMILES string of the molecule is COc1ccc(N=C2NC(=O)/C(=C\c3ccc(OCC(=O)O)c(OC)c3)S2)cc1. The van der Waals surface area contributed by atoms with E-state index in [1.165, 1.54) is 18.9 Å². The molecule has 1 aliphatic heterocycles. The molecule has 0 atom stereocenters. The fourth-order valence-electron chi connectivity index (χ4n) is 2.44. The number of benzene rings is 2. The molecule has 1 heterocycles. The van der Waals surface area contributed by atoms with Crippen LogP contribution in [0, 0.1) is 0 Å². The molecule has 1 amide bonds. The number of carbonyl (C=O) groups is 2. The number of thioether (sulfide) groups is 1. The molecule has 0 bridgehead atoms. The Labute approximate surface area is 171 Å². The maximum atomic E-state index is 12.3. The van der Waals surface area contributed by atoms with E-state index in [2.05, 4.69) is 10.3 Å². The van der Waals surface area contributed by atoms with Crippen molar-refractivity contribution in [2.75, 3.05) is 20.8 Å². The lowest BCUT2D eigenvalue weighted by Crippen LogP contribution is -2.19. The number of rotatable bonds is 7. The van der Waals surface area contributed by atoms with Gasteiger partial charge in [0.05, 0.1) is 24.8 Å². The maximum absolute atomic E-state index is 12.3. The molecule has 0 radical (unpaired) electrons. The average Bonchev–Trinajstić information content (AvgIpc) is 3.06. The number of carboxylic acids is 1. The predicted molar refractivity (Wildman–Crippen MR) is 110 cm³/mol. The summed E-state index contributed by atoms with van der Waals surface area (Å²) in [6, 6.07) is 12.1. The van der Waals surface area contributed by atoms with Gasteiger partial charge in [0.1, 0.15) is 5.75 Å². The van der Waals surface area contributed by atoms with Crippen molar-refractivity contribution in [2.45, 2.75) is 0 Å². The second kappa shape index (κ2) is 9.16. The highest BCUT2D eigenvalue weighted by atomic mass is 32.2. The zero-order chi connectivity index (χ0) is 20.8. The summed E-state index contributed by atoms with van der Waals surface area (Å²) in [6.07, 6.45) is 1.69. The predicted octanol–water partition coefficient (Wildman–Crippen LogP) is 3.06. The minimum absolute atomic E-state index is 0.257. The first-order valence-electron chi connectivity index (χ1n) is 8.45. The Kier molecular flexibility index (Phi) is 6.40. The summed E-state index contributed by atoms with van der Waals surface area (Å²) in [7, 11) is 3.04. The number of aliphatic carboxylic acids is 1. The van der Waals surface area contributed by atoms with Crippen molar-refractivity contribution >= 4 is 40.6 Å². The third-order valence-corrected chi connectivity index (χ3v) is 4.70. The van der Waals surface area contributed by atoms with Crippen LogP contribution in [0.25, 0.3) is 6.08 Å². The van der Waals surface area contributed by atoms with Crippen LogP contribution in [0.4, 0.5) is 5.69 Å². The van der Waals surface area contributed by atoms with E-state index in [1.807, 2.05) is 0 Å². The Morgan fingerprint density at radius 3 is 2.55 bits per heavy atom. The van der Waals surface area contributed by atoms with Crippen LogP contribution in [0.3, 0.4) is 0 Å².